The molecule has 20 heavy (non-hydrogen) atoms. The van der Waals surface area contributed by atoms with E-state index in [1.807, 2.05) is 0 Å². The van der Waals surface area contributed by atoms with Crippen LogP contribution in [-0.4, -0.2) is 41.0 Å². The van der Waals surface area contributed by atoms with Crippen LogP contribution in [0.5, 0.6) is 0 Å². The number of carboxylic acids is 1. The second-order valence-electron chi connectivity index (χ2n) is 3.73. The summed E-state index contributed by atoms with van der Waals surface area (Å²) in [6.45, 7) is 1.78. The maximum atomic E-state index is 11.1. The van der Waals surface area contributed by atoms with Gasteiger partial charge in [-0.1, -0.05) is 12.1 Å². The summed E-state index contributed by atoms with van der Waals surface area (Å²) in [6, 6.07) is 0. The number of aromatic nitrogens is 1. The largest absolute Gasteiger partial charge is 0.476 e. The molecule has 1 heterocycles. The van der Waals surface area contributed by atoms with Crippen LogP contribution in [0, 0.1) is 0 Å². The minimum Gasteiger partial charge on any atom is -0.476 e. The first-order valence-corrected chi connectivity index (χ1v) is 6.61. The van der Waals surface area contributed by atoms with Crippen molar-refractivity contribution in [2.45, 2.75) is 25.9 Å². The van der Waals surface area contributed by atoms with Crippen molar-refractivity contribution in [2.75, 3.05) is 12.8 Å². The Morgan fingerprint density at radius 2 is 2.30 bits per heavy atom. The van der Waals surface area contributed by atoms with Gasteiger partial charge in [0.25, 0.3) is 0 Å². The van der Waals surface area contributed by atoms with E-state index in [4.69, 9.17) is 15.7 Å². The fourth-order valence-corrected chi connectivity index (χ4v) is 1.79. The lowest BCUT2D eigenvalue weighted by molar-refractivity contribution is -0.143. The molecule has 1 atom stereocenters. The topological polar surface area (TPSA) is 124 Å². The lowest BCUT2D eigenvalue weighted by Crippen LogP contribution is -2.20. The number of hydrogen-bond donors (Lipinski definition) is 2. The van der Waals surface area contributed by atoms with Crippen LogP contribution in [0.25, 0.3) is 0 Å². The molecule has 0 saturated heterocycles. The predicted octanol–water partition coefficient (Wildman–Crippen LogP) is 0.872. The molecule has 3 N–H and O–H groups in total. The molecule has 0 saturated carbocycles. The number of aliphatic carboxylic acids is 1. The van der Waals surface area contributed by atoms with Gasteiger partial charge < -0.3 is 20.4 Å². The van der Waals surface area contributed by atoms with Crippen molar-refractivity contribution < 1.29 is 24.3 Å². The Morgan fingerprint density at radius 3 is 2.75 bits per heavy atom. The quantitative estimate of drug-likeness (QED) is 0.435. The first-order chi connectivity index (χ1) is 9.47. The molecule has 0 aliphatic carbocycles. The molecule has 0 aromatic carbocycles. The molecule has 0 aliphatic rings. The number of methoxy groups -OCH3 is 1. The summed E-state index contributed by atoms with van der Waals surface area (Å²) in [5, 5.41) is 14.3. The average molecular weight is 301 g/mol. The number of rotatable bonds is 7. The Labute approximate surface area is 119 Å². The van der Waals surface area contributed by atoms with Crippen LogP contribution >= 0.6 is 11.3 Å². The third-order valence-electron chi connectivity index (χ3n) is 2.34. The number of esters is 1. The van der Waals surface area contributed by atoms with E-state index in [1.54, 1.807) is 6.92 Å². The smallest absolute Gasteiger partial charge is 0.360 e. The molecule has 0 amide bonds. The van der Waals surface area contributed by atoms with Crippen molar-refractivity contribution in [3.8, 4) is 0 Å². The van der Waals surface area contributed by atoms with Gasteiger partial charge in [0.1, 0.15) is 11.8 Å². The van der Waals surface area contributed by atoms with E-state index in [2.05, 4.69) is 14.9 Å². The van der Waals surface area contributed by atoms with E-state index < -0.39 is 18.0 Å². The number of anilines is 1. The molecule has 1 aromatic heterocycles. The van der Waals surface area contributed by atoms with Crippen molar-refractivity contribution in [3.05, 3.63) is 11.1 Å². The molecule has 0 fully saturated rings. The monoisotopic (exact) mass is 301 g/mol. The number of hydrogen-bond acceptors (Lipinski definition) is 8. The first kappa shape index (κ1) is 15.9. The van der Waals surface area contributed by atoms with Gasteiger partial charge in [0.2, 0.25) is 5.71 Å². The fourth-order valence-electron chi connectivity index (χ4n) is 1.24. The third-order valence-corrected chi connectivity index (χ3v) is 3.01. The predicted molar refractivity (Wildman–Crippen MR) is 72.5 cm³/mol. The molecule has 1 aromatic rings. The second-order valence-corrected chi connectivity index (χ2v) is 4.62. The highest BCUT2D eigenvalue weighted by atomic mass is 32.1. The summed E-state index contributed by atoms with van der Waals surface area (Å²) in [4.78, 5) is 31.2. The van der Waals surface area contributed by atoms with E-state index in [1.165, 1.54) is 12.5 Å². The number of nitrogens with zero attached hydrogens (tertiary/aromatic N) is 2. The molecule has 0 spiro atoms. The highest BCUT2D eigenvalue weighted by molar-refractivity contribution is 7.13. The van der Waals surface area contributed by atoms with Gasteiger partial charge in [-0.05, 0) is 6.42 Å². The SMILES string of the molecule is CCC(CC(=O)OC)ON=C(C(=O)O)c1csc(N)n1. The van der Waals surface area contributed by atoms with Gasteiger partial charge in [-0.3, -0.25) is 4.79 Å². The summed E-state index contributed by atoms with van der Waals surface area (Å²) in [6.07, 6.45) is -0.0967. The number of thiazole rings is 1. The zero-order chi connectivity index (χ0) is 15.1. The summed E-state index contributed by atoms with van der Waals surface area (Å²) in [7, 11) is 1.26. The van der Waals surface area contributed by atoms with Gasteiger partial charge >= 0.3 is 11.9 Å². The normalized spacial score (nSPS) is 12.8. The number of ether oxygens (including phenoxy) is 1. The summed E-state index contributed by atoms with van der Waals surface area (Å²) >= 11 is 1.10. The van der Waals surface area contributed by atoms with Crippen LogP contribution in [0.4, 0.5) is 5.13 Å². The molecule has 1 rings (SSSR count). The van der Waals surface area contributed by atoms with E-state index in [0.29, 0.717) is 6.42 Å². The zero-order valence-electron chi connectivity index (χ0n) is 11.0. The van der Waals surface area contributed by atoms with E-state index in [0.717, 1.165) is 11.3 Å². The standard InChI is InChI=1S/C11H15N3O5S/c1-3-6(4-8(15)18-2)19-14-9(10(16)17)7-5-20-11(12)13-7/h5-6H,3-4H2,1-2H3,(H2,12,13)(H,16,17). The summed E-state index contributed by atoms with van der Waals surface area (Å²) in [5.74, 6) is -1.75. The number of nitrogens with two attached hydrogens (primary N) is 1. The lowest BCUT2D eigenvalue weighted by atomic mass is 10.2. The molecular formula is C11H15N3O5S. The van der Waals surface area contributed by atoms with Crippen molar-refractivity contribution in [1.29, 1.82) is 0 Å². The Hall–Kier alpha value is -2.16. The van der Waals surface area contributed by atoms with E-state index in [9.17, 15) is 9.59 Å². The Kier molecular flexibility index (Phi) is 5.91. The van der Waals surface area contributed by atoms with Crippen LogP contribution < -0.4 is 5.73 Å². The van der Waals surface area contributed by atoms with Gasteiger partial charge in [0.05, 0.1) is 13.5 Å². The molecule has 1 unspecified atom stereocenters. The third kappa shape index (κ3) is 4.50. The molecule has 110 valence electrons. The number of carbonyl (C=O) groups excluding carboxylic acids is 1. The van der Waals surface area contributed by atoms with Gasteiger partial charge in [-0.25, -0.2) is 9.78 Å². The van der Waals surface area contributed by atoms with Gasteiger partial charge in [0.15, 0.2) is 5.13 Å². The van der Waals surface area contributed by atoms with Gasteiger partial charge in [0, 0.05) is 5.38 Å². The van der Waals surface area contributed by atoms with Crippen LogP contribution in [-0.2, 0) is 19.2 Å². The maximum Gasteiger partial charge on any atom is 0.360 e. The number of nitrogen functional groups attached to an aromatic ring is 1. The van der Waals surface area contributed by atoms with Crippen LogP contribution in [0.2, 0.25) is 0 Å². The molecule has 8 nitrogen and oxygen atoms in total. The summed E-state index contributed by atoms with van der Waals surface area (Å²) in [5.41, 5.74) is 5.20. The maximum absolute atomic E-state index is 11.1. The Morgan fingerprint density at radius 1 is 1.60 bits per heavy atom. The van der Waals surface area contributed by atoms with Crippen molar-refractivity contribution in [3.63, 3.8) is 0 Å². The highest BCUT2D eigenvalue weighted by Crippen LogP contribution is 2.13. The second kappa shape index (κ2) is 7.43. The van der Waals surface area contributed by atoms with Crippen molar-refractivity contribution in [1.82, 2.24) is 4.98 Å². The van der Waals surface area contributed by atoms with Crippen molar-refractivity contribution in [2.24, 2.45) is 5.16 Å². The Balaban J connectivity index is 2.81. The Bertz CT molecular complexity index is 514. The molecular weight excluding hydrogens is 286 g/mol. The zero-order valence-corrected chi connectivity index (χ0v) is 11.8. The first-order valence-electron chi connectivity index (χ1n) is 5.73. The van der Waals surface area contributed by atoms with Crippen LogP contribution in [0.3, 0.4) is 0 Å². The fraction of sp³-hybridized carbons (Fsp3) is 0.455. The van der Waals surface area contributed by atoms with E-state index >= 15 is 0 Å². The van der Waals surface area contributed by atoms with E-state index in [-0.39, 0.29) is 23.0 Å². The van der Waals surface area contributed by atoms with Crippen molar-refractivity contribution >= 4 is 34.1 Å². The lowest BCUT2D eigenvalue weighted by Gasteiger charge is -2.11. The average Bonchev–Trinajstić information content (AvgIpc) is 2.83. The minimum absolute atomic E-state index is 0.0113. The van der Waals surface area contributed by atoms with Crippen LogP contribution in [0.15, 0.2) is 10.5 Å². The molecule has 0 radical (unpaired) electrons. The van der Waals surface area contributed by atoms with Crippen LogP contribution in [0.1, 0.15) is 25.5 Å². The molecule has 9 heteroatoms. The van der Waals surface area contributed by atoms with Gasteiger partial charge in [-0.2, -0.15) is 0 Å². The number of carboxylic acid groups (broad SMARTS) is 1. The van der Waals surface area contributed by atoms with Gasteiger partial charge in [-0.15, -0.1) is 11.3 Å². The number of oxime groups is 1. The molecule has 0 bridgehead atoms. The summed E-state index contributed by atoms with van der Waals surface area (Å²) < 4.78 is 4.51. The highest BCUT2D eigenvalue weighted by Gasteiger charge is 2.19. The number of carbonyl (C=O) groups is 2. The molecule has 0 aliphatic heterocycles. The minimum atomic E-state index is -1.29.